The molecule has 0 unspecified atom stereocenters. The first-order chi connectivity index (χ1) is 17.5. The summed E-state index contributed by atoms with van der Waals surface area (Å²) in [5.74, 6) is -0.560. The van der Waals surface area contributed by atoms with Gasteiger partial charge in [0.05, 0.1) is 17.3 Å². The smallest absolute Gasteiger partial charge is 0.238 e. The van der Waals surface area contributed by atoms with E-state index in [1.54, 1.807) is 6.07 Å². The van der Waals surface area contributed by atoms with E-state index in [2.05, 4.69) is 15.5 Å². The van der Waals surface area contributed by atoms with Gasteiger partial charge < -0.3 is 20.4 Å². The summed E-state index contributed by atoms with van der Waals surface area (Å²) in [6, 6.07) is 24.8. The van der Waals surface area contributed by atoms with E-state index in [1.165, 1.54) is 0 Å². The molecule has 0 aliphatic carbocycles. The molecule has 0 aromatic heterocycles. The van der Waals surface area contributed by atoms with Gasteiger partial charge in [0.25, 0.3) is 0 Å². The molecule has 8 heteroatoms. The van der Waals surface area contributed by atoms with Gasteiger partial charge in [0, 0.05) is 37.6 Å². The fraction of sp³-hybridized carbons (Fsp3) is 0.250. The van der Waals surface area contributed by atoms with Crippen LogP contribution in [0.25, 0.3) is 0 Å². The highest BCUT2D eigenvalue weighted by molar-refractivity contribution is 7.80. The van der Waals surface area contributed by atoms with Crippen molar-refractivity contribution in [1.82, 2.24) is 10.2 Å². The van der Waals surface area contributed by atoms with Crippen molar-refractivity contribution < 1.29 is 9.59 Å². The largest absolute Gasteiger partial charge is 0.366 e. The highest BCUT2D eigenvalue weighted by Crippen LogP contribution is 2.30. The molecule has 3 aromatic carbocycles. The molecule has 1 fully saturated rings. The Morgan fingerprint density at radius 1 is 0.917 bits per heavy atom. The Hall–Kier alpha value is -3.42. The van der Waals surface area contributed by atoms with Gasteiger partial charge >= 0.3 is 0 Å². The van der Waals surface area contributed by atoms with E-state index in [1.807, 2.05) is 84.6 Å². The first kappa shape index (κ1) is 25.7. The lowest BCUT2D eigenvalue weighted by Crippen LogP contribution is -2.49. The summed E-state index contributed by atoms with van der Waals surface area (Å²) in [7, 11) is 0. The molecule has 186 valence electrons. The Morgan fingerprint density at radius 2 is 1.50 bits per heavy atom. The molecule has 2 amide bonds. The van der Waals surface area contributed by atoms with E-state index in [0.29, 0.717) is 43.3 Å². The molecule has 2 N–H and O–H groups in total. The number of hydrogen-bond donors (Lipinski definition) is 2. The van der Waals surface area contributed by atoms with Gasteiger partial charge in [-0.2, -0.15) is 0 Å². The molecular formula is C28H29ClN4O2S. The van der Waals surface area contributed by atoms with Gasteiger partial charge in [-0.3, -0.25) is 9.59 Å². The van der Waals surface area contributed by atoms with Crippen molar-refractivity contribution in [2.75, 3.05) is 36.4 Å². The first-order valence-electron chi connectivity index (χ1n) is 12.0. The summed E-state index contributed by atoms with van der Waals surface area (Å²) in [4.78, 5) is 29.5. The Morgan fingerprint density at radius 3 is 2.06 bits per heavy atom. The van der Waals surface area contributed by atoms with Crippen molar-refractivity contribution in [2.24, 2.45) is 0 Å². The van der Waals surface area contributed by atoms with Gasteiger partial charge in [-0.25, -0.2) is 0 Å². The molecule has 0 spiro atoms. The summed E-state index contributed by atoms with van der Waals surface area (Å²) in [5.41, 5.74) is 3.39. The zero-order valence-corrected chi connectivity index (χ0v) is 21.7. The van der Waals surface area contributed by atoms with Crippen LogP contribution in [0.3, 0.4) is 0 Å². The van der Waals surface area contributed by atoms with E-state index < -0.39 is 5.92 Å². The molecule has 1 heterocycles. The summed E-state index contributed by atoms with van der Waals surface area (Å²) >= 11 is 11.8. The van der Waals surface area contributed by atoms with Crippen LogP contribution >= 0.6 is 23.8 Å². The van der Waals surface area contributed by atoms with Gasteiger partial charge in [0.2, 0.25) is 11.8 Å². The molecule has 36 heavy (non-hydrogen) atoms. The van der Waals surface area contributed by atoms with E-state index in [0.717, 1.165) is 16.8 Å². The number of halogens is 1. The van der Waals surface area contributed by atoms with Gasteiger partial charge in [-0.05, 0) is 41.5 Å². The van der Waals surface area contributed by atoms with Gasteiger partial charge in [0.1, 0.15) is 0 Å². The molecule has 0 saturated carbocycles. The quantitative estimate of drug-likeness (QED) is 0.446. The molecule has 6 nitrogen and oxygen atoms in total. The first-order valence-corrected chi connectivity index (χ1v) is 12.8. The van der Waals surface area contributed by atoms with Crippen molar-refractivity contribution in [2.45, 2.75) is 19.3 Å². The van der Waals surface area contributed by atoms with Crippen LogP contribution in [0.5, 0.6) is 0 Å². The molecule has 1 aliphatic rings. The lowest BCUT2D eigenvalue weighted by molar-refractivity contribution is -0.131. The van der Waals surface area contributed by atoms with Crippen LogP contribution in [0, 0.1) is 0 Å². The van der Waals surface area contributed by atoms with Crippen LogP contribution in [0.1, 0.15) is 30.4 Å². The Balaban J connectivity index is 1.49. The second-order valence-electron chi connectivity index (χ2n) is 8.58. The normalized spacial score (nSPS) is 13.4. The number of amides is 2. The minimum Gasteiger partial charge on any atom is -0.366 e. The third kappa shape index (κ3) is 6.22. The number of anilines is 2. The molecule has 4 rings (SSSR count). The number of thiocarbonyl (C=S) groups is 1. The number of hydrogen-bond acceptors (Lipinski definition) is 4. The van der Waals surface area contributed by atoms with E-state index in [-0.39, 0.29) is 16.9 Å². The second-order valence-corrected chi connectivity index (χ2v) is 9.43. The van der Waals surface area contributed by atoms with E-state index in [4.69, 9.17) is 23.8 Å². The molecule has 0 bridgehead atoms. The van der Waals surface area contributed by atoms with Crippen LogP contribution in [0.15, 0.2) is 78.9 Å². The van der Waals surface area contributed by atoms with Crippen LogP contribution in [0.2, 0.25) is 5.02 Å². The van der Waals surface area contributed by atoms with Crippen molar-refractivity contribution in [3.8, 4) is 0 Å². The van der Waals surface area contributed by atoms with Crippen molar-refractivity contribution in [3.63, 3.8) is 0 Å². The topological polar surface area (TPSA) is 64.7 Å². The van der Waals surface area contributed by atoms with Crippen molar-refractivity contribution in [3.05, 3.63) is 95.0 Å². The lowest BCUT2D eigenvalue weighted by Gasteiger charge is -2.37. The minimum atomic E-state index is -0.504. The number of piperazine rings is 1. The van der Waals surface area contributed by atoms with Gasteiger partial charge in [-0.15, -0.1) is 0 Å². The number of nitrogens with one attached hydrogen (secondary N) is 2. The molecule has 3 aromatic rings. The highest BCUT2D eigenvalue weighted by atomic mass is 35.5. The third-order valence-corrected chi connectivity index (χ3v) is 6.69. The van der Waals surface area contributed by atoms with Crippen LogP contribution in [0.4, 0.5) is 11.4 Å². The molecule has 1 saturated heterocycles. The molecule has 0 atom stereocenters. The maximum Gasteiger partial charge on any atom is 0.238 e. The molecule has 0 radical (unpaired) electrons. The predicted octanol–water partition coefficient (Wildman–Crippen LogP) is 5.04. The lowest BCUT2D eigenvalue weighted by atomic mass is 9.90. The number of carbonyl (C=O) groups excluding carboxylic acids is 2. The monoisotopic (exact) mass is 520 g/mol. The molecule has 1 aliphatic heterocycles. The number of nitrogens with zero attached hydrogens (tertiary/aromatic N) is 2. The summed E-state index contributed by atoms with van der Waals surface area (Å²) in [6.07, 6.45) is 0.509. The number of rotatable bonds is 6. The summed E-state index contributed by atoms with van der Waals surface area (Å²) in [5, 5.41) is 6.80. The average Bonchev–Trinajstić information content (AvgIpc) is 2.90. The highest BCUT2D eigenvalue weighted by Gasteiger charge is 2.25. The minimum absolute atomic E-state index is 0.166. The summed E-state index contributed by atoms with van der Waals surface area (Å²) < 4.78 is 0. The van der Waals surface area contributed by atoms with Crippen molar-refractivity contribution >= 4 is 52.1 Å². The maximum absolute atomic E-state index is 13.4. The maximum atomic E-state index is 13.4. The summed E-state index contributed by atoms with van der Waals surface area (Å²) in [6.45, 7) is 4.60. The standard InChI is InChI=1S/C28H29ClN4O2S/c1-2-25(34)33-17-15-32(16-18-33)24-14-13-22(29)19-23(24)30-28(36)31-27(35)26(20-9-5-3-6-10-20)21-11-7-4-8-12-21/h3-14,19,26H,2,15-18H2,1H3,(H2,30,31,35,36). The zero-order chi connectivity index (χ0) is 25.5. The SMILES string of the molecule is CCC(=O)N1CCN(c2ccc(Cl)cc2NC(=S)NC(=O)C(c2ccccc2)c2ccccc2)CC1. The van der Waals surface area contributed by atoms with Crippen LogP contribution in [-0.2, 0) is 9.59 Å². The Labute approximate surface area is 222 Å². The van der Waals surface area contributed by atoms with Crippen LogP contribution < -0.4 is 15.5 Å². The second kappa shape index (κ2) is 12.0. The Kier molecular flexibility index (Phi) is 8.57. The van der Waals surface area contributed by atoms with Gasteiger partial charge in [-0.1, -0.05) is 79.2 Å². The Bertz CT molecular complexity index is 1180. The number of benzene rings is 3. The zero-order valence-electron chi connectivity index (χ0n) is 20.1. The fourth-order valence-corrected chi connectivity index (χ4v) is 4.81. The van der Waals surface area contributed by atoms with Crippen molar-refractivity contribution in [1.29, 1.82) is 0 Å². The number of carbonyl (C=O) groups is 2. The van der Waals surface area contributed by atoms with E-state index in [9.17, 15) is 9.59 Å². The molecular weight excluding hydrogens is 492 g/mol. The fourth-order valence-electron chi connectivity index (χ4n) is 4.43. The average molecular weight is 521 g/mol. The predicted molar refractivity (Wildman–Crippen MR) is 150 cm³/mol. The van der Waals surface area contributed by atoms with Gasteiger partial charge in [0.15, 0.2) is 5.11 Å². The third-order valence-electron chi connectivity index (χ3n) is 6.25. The van der Waals surface area contributed by atoms with Crippen LogP contribution in [-0.4, -0.2) is 48.0 Å². The van der Waals surface area contributed by atoms with E-state index >= 15 is 0 Å².